The van der Waals surface area contributed by atoms with E-state index in [4.69, 9.17) is 6.42 Å². The van der Waals surface area contributed by atoms with Gasteiger partial charge in [-0.2, -0.15) is 5.10 Å². The molecular formula is C8H9N3O. The highest BCUT2D eigenvalue weighted by atomic mass is 16.1. The molecule has 12 heavy (non-hydrogen) atoms. The van der Waals surface area contributed by atoms with Crippen LogP contribution in [-0.4, -0.2) is 22.1 Å². The van der Waals surface area contributed by atoms with Gasteiger partial charge in [-0.1, -0.05) is 5.92 Å². The zero-order valence-corrected chi connectivity index (χ0v) is 6.66. The fourth-order valence-corrected chi connectivity index (χ4v) is 0.697. The Balaban J connectivity index is 2.57. The molecule has 0 aliphatic carbocycles. The number of rotatable bonds is 2. The van der Waals surface area contributed by atoms with Crippen LogP contribution in [0.25, 0.3) is 0 Å². The zero-order chi connectivity index (χ0) is 8.97. The van der Waals surface area contributed by atoms with E-state index in [1.54, 1.807) is 6.92 Å². The van der Waals surface area contributed by atoms with Crippen LogP contribution >= 0.6 is 0 Å². The molecule has 0 spiro atoms. The Morgan fingerprint density at radius 2 is 2.67 bits per heavy atom. The van der Waals surface area contributed by atoms with Crippen LogP contribution in [-0.2, 0) is 0 Å². The number of aromatic nitrogens is 2. The summed E-state index contributed by atoms with van der Waals surface area (Å²) in [7, 11) is 0. The fourth-order valence-electron chi connectivity index (χ4n) is 0.697. The number of amides is 1. The van der Waals surface area contributed by atoms with Gasteiger partial charge in [0.1, 0.15) is 0 Å². The first-order valence-corrected chi connectivity index (χ1v) is 3.50. The van der Waals surface area contributed by atoms with Gasteiger partial charge in [-0.3, -0.25) is 9.89 Å². The van der Waals surface area contributed by atoms with Gasteiger partial charge >= 0.3 is 0 Å². The lowest BCUT2D eigenvalue weighted by atomic mass is 10.3. The third-order valence-electron chi connectivity index (χ3n) is 1.36. The second-order valence-corrected chi connectivity index (χ2v) is 2.35. The van der Waals surface area contributed by atoms with Gasteiger partial charge in [-0.15, -0.1) is 6.42 Å². The van der Waals surface area contributed by atoms with Crippen molar-refractivity contribution >= 4 is 5.91 Å². The monoisotopic (exact) mass is 163 g/mol. The van der Waals surface area contributed by atoms with Crippen molar-refractivity contribution in [2.75, 3.05) is 0 Å². The molecule has 1 rings (SSSR count). The van der Waals surface area contributed by atoms with E-state index in [0.717, 1.165) is 0 Å². The molecule has 1 heterocycles. The van der Waals surface area contributed by atoms with Gasteiger partial charge in [0.2, 0.25) is 0 Å². The van der Waals surface area contributed by atoms with Crippen LogP contribution in [0.15, 0.2) is 12.4 Å². The number of H-pyrrole nitrogens is 1. The average Bonchev–Trinajstić information content (AvgIpc) is 2.56. The van der Waals surface area contributed by atoms with E-state index < -0.39 is 0 Å². The molecule has 0 aliphatic heterocycles. The van der Waals surface area contributed by atoms with Gasteiger partial charge in [0, 0.05) is 6.20 Å². The summed E-state index contributed by atoms with van der Waals surface area (Å²) in [5.41, 5.74) is 0.483. The Labute approximate surface area is 70.4 Å². The topological polar surface area (TPSA) is 57.8 Å². The molecule has 0 aliphatic rings. The second kappa shape index (κ2) is 3.58. The van der Waals surface area contributed by atoms with E-state index in [0.29, 0.717) is 5.56 Å². The minimum Gasteiger partial charge on any atom is -0.339 e. The lowest BCUT2D eigenvalue weighted by Gasteiger charge is -2.04. The summed E-state index contributed by atoms with van der Waals surface area (Å²) in [6.07, 6.45) is 8.04. The standard InChI is InChI=1S/C8H9N3O/c1-3-6(2)11-8(12)7-4-9-10-5-7/h1,4-6H,2H3,(H,9,10)(H,11,12). The Kier molecular flexibility index (Phi) is 2.49. The van der Waals surface area contributed by atoms with Crippen molar-refractivity contribution in [1.29, 1.82) is 0 Å². The predicted molar refractivity (Wildman–Crippen MR) is 44.3 cm³/mol. The minimum absolute atomic E-state index is 0.214. The van der Waals surface area contributed by atoms with E-state index in [1.807, 2.05) is 0 Å². The summed E-state index contributed by atoms with van der Waals surface area (Å²) < 4.78 is 0. The van der Waals surface area contributed by atoms with Crippen molar-refractivity contribution < 1.29 is 4.79 Å². The maximum Gasteiger partial charge on any atom is 0.255 e. The molecule has 0 radical (unpaired) electrons. The lowest BCUT2D eigenvalue weighted by Crippen LogP contribution is -2.30. The first kappa shape index (κ1) is 8.34. The van der Waals surface area contributed by atoms with Crippen molar-refractivity contribution in [3.8, 4) is 12.3 Å². The molecule has 0 bridgehead atoms. The largest absolute Gasteiger partial charge is 0.339 e. The third-order valence-corrected chi connectivity index (χ3v) is 1.36. The van der Waals surface area contributed by atoms with E-state index in [9.17, 15) is 4.79 Å². The minimum atomic E-state index is -0.257. The van der Waals surface area contributed by atoms with Gasteiger partial charge in [-0.05, 0) is 6.92 Å². The highest BCUT2D eigenvalue weighted by Gasteiger charge is 2.07. The van der Waals surface area contributed by atoms with Gasteiger partial charge in [0.25, 0.3) is 5.91 Å². The molecule has 1 unspecified atom stereocenters. The Hall–Kier alpha value is -1.76. The fraction of sp³-hybridized carbons (Fsp3) is 0.250. The number of hydrogen-bond donors (Lipinski definition) is 2. The second-order valence-electron chi connectivity index (χ2n) is 2.35. The predicted octanol–water partition coefficient (Wildman–Crippen LogP) is 0.161. The van der Waals surface area contributed by atoms with Crippen molar-refractivity contribution in [3.63, 3.8) is 0 Å². The van der Waals surface area contributed by atoms with E-state index in [2.05, 4.69) is 21.4 Å². The highest BCUT2D eigenvalue weighted by molar-refractivity contribution is 5.93. The molecule has 1 aromatic heterocycles. The smallest absolute Gasteiger partial charge is 0.255 e. The van der Waals surface area contributed by atoms with Crippen LogP contribution in [0, 0.1) is 12.3 Å². The summed E-state index contributed by atoms with van der Waals surface area (Å²) in [6, 6.07) is -0.257. The van der Waals surface area contributed by atoms with Crippen LogP contribution in [0.2, 0.25) is 0 Å². The molecule has 4 heteroatoms. The summed E-state index contributed by atoms with van der Waals surface area (Å²) in [6.45, 7) is 1.73. The van der Waals surface area contributed by atoms with Crippen LogP contribution in [0.3, 0.4) is 0 Å². The summed E-state index contributed by atoms with van der Waals surface area (Å²) >= 11 is 0. The van der Waals surface area contributed by atoms with Crippen LogP contribution in [0.1, 0.15) is 17.3 Å². The average molecular weight is 163 g/mol. The van der Waals surface area contributed by atoms with E-state index in [1.165, 1.54) is 12.4 Å². The molecule has 4 nitrogen and oxygen atoms in total. The first-order chi connectivity index (χ1) is 5.74. The van der Waals surface area contributed by atoms with Gasteiger partial charge < -0.3 is 5.32 Å². The van der Waals surface area contributed by atoms with Gasteiger partial charge in [0.15, 0.2) is 0 Å². The van der Waals surface area contributed by atoms with Crippen LogP contribution in [0.4, 0.5) is 0 Å². The summed E-state index contributed by atoms with van der Waals surface area (Å²) in [5.74, 6) is 2.18. The molecule has 0 aromatic carbocycles. The van der Waals surface area contributed by atoms with Crippen molar-refractivity contribution in [1.82, 2.24) is 15.5 Å². The lowest BCUT2D eigenvalue weighted by molar-refractivity contribution is 0.0948. The molecule has 1 amide bonds. The number of aromatic amines is 1. The molecule has 2 N–H and O–H groups in total. The normalized spacial score (nSPS) is 11.7. The SMILES string of the molecule is C#CC(C)NC(=O)c1cn[nH]c1. The number of nitrogens with one attached hydrogen (secondary N) is 2. The maximum absolute atomic E-state index is 11.2. The van der Waals surface area contributed by atoms with Crippen molar-refractivity contribution in [2.24, 2.45) is 0 Å². The number of hydrogen-bond acceptors (Lipinski definition) is 2. The summed E-state index contributed by atoms with van der Waals surface area (Å²) in [5, 5.41) is 8.78. The summed E-state index contributed by atoms with van der Waals surface area (Å²) in [4.78, 5) is 11.2. The molecule has 0 saturated carbocycles. The number of carbonyl (C=O) groups is 1. The molecule has 0 saturated heterocycles. The van der Waals surface area contributed by atoms with E-state index in [-0.39, 0.29) is 11.9 Å². The molecule has 0 fully saturated rings. The molecule has 1 aromatic rings. The Morgan fingerprint density at radius 1 is 1.92 bits per heavy atom. The van der Waals surface area contributed by atoms with E-state index >= 15 is 0 Å². The maximum atomic E-state index is 11.2. The Bertz CT molecular complexity index is 297. The molecular weight excluding hydrogens is 154 g/mol. The highest BCUT2D eigenvalue weighted by Crippen LogP contribution is 1.93. The van der Waals surface area contributed by atoms with Gasteiger partial charge in [-0.25, -0.2) is 0 Å². The third kappa shape index (κ3) is 1.86. The van der Waals surface area contributed by atoms with Crippen molar-refractivity contribution in [2.45, 2.75) is 13.0 Å². The number of carbonyl (C=O) groups excluding carboxylic acids is 1. The number of terminal acetylenes is 1. The van der Waals surface area contributed by atoms with Crippen molar-refractivity contribution in [3.05, 3.63) is 18.0 Å². The first-order valence-electron chi connectivity index (χ1n) is 3.50. The molecule has 1 atom stereocenters. The van der Waals surface area contributed by atoms with Gasteiger partial charge in [0.05, 0.1) is 17.8 Å². The number of nitrogens with zero attached hydrogens (tertiary/aromatic N) is 1. The quantitative estimate of drug-likeness (QED) is 0.610. The van der Waals surface area contributed by atoms with Crippen LogP contribution < -0.4 is 5.32 Å². The zero-order valence-electron chi connectivity index (χ0n) is 6.66. The Morgan fingerprint density at radius 3 is 3.17 bits per heavy atom. The molecule has 62 valence electrons. The van der Waals surface area contributed by atoms with Crippen LogP contribution in [0.5, 0.6) is 0 Å².